The average molecular weight is 428 g/mol. The molecule has 2 amide bonds. The van der Waals surface area contributed by atoms with Gasteiger partial charge in [-0.05, 0) is 81.3 Å². The molecule has 0 bridgehead atoms. The molecule has 2 heterocycles. The first-order chi connectivity index (χ1) is 15.4. The van der Waals surface area contributed by atoms with Gasteiger partial charge >= 0.3 is 6.03 Å². The van der Waals surface area contributed by atoms with E-state index in [1.807, 2.05) is 45.9 Å². The van der Waals surface area contributed by atoms with Crippen LogP contribution in [-0.2, 0) is 0 Å². The molecule has 0 saturated heterocycles. The van der Waals surface area contributed by atoms with Crippen molar-refractivity contribution in [1.29, 1.82) is 0 Å². The van der Waals surface area contributed by atoms with Crippen molar-refractivity contribution in [3.05, 3.63) is 83.4 Å². The van der Waals surface area contributed by atoms with Gasteiger partial charge in [-0.3, -0.25) is 0 Å². The summed E-state index contributed by atoms with van der Waals surface area (Å²) in [6, 6.07) is 16.3. The van der Waals surface area contributed by atoms with Crippen molar-refractivity contribution in [2.75, 3.05) is 10.6 Å². The Kier molecular flexibility index (Phi) is 5.85. The van der Waals surface area contributed by atoms with Gasteiger partial charge in [-0.2, -0.15) is 5.10 Å². The molecule has 0 unspecified atom stereocenters. The highest BCUT2D eigenvalue weighted by molar-refractivity contribution is 5.99. The summed E-state index contributed by atoms with van der Waals surface area (Å²) in [4.78, 5) is 20.7. The van der Waals surface area contributed by atoms with Crippen LogP contribution in [0.4, 0.5) is 16.2 Å². The Hall–Kier alpha value is -4.20. The third kappa shape index (κ3) is 5.10. The lowest BCUT2D eigenvalue weighted by atomic mass is 10.1. The number of carbonyl (C=O) groups is 1. The molecule has 0 atom stereocenters. The van der Waals surface area contributed by atoms with Gasteiger partial charge in [0.25, 0.3) is 0 Å². The zero-order chi connectivity index (χ0) is 22.7. The van der Waals surface area contributed by atoms with Crippen LogP contribution < -0.4 is 15.4 Å². The second-order valence-corrected chi connectivity index (χ2v) is 7.64. The number of carbonyl (C=O) groups excluding carboxylic acids is 1. The Morgan fingerprint density at radius 2 is 1.53 bits per heavy atom. The van der Waals surface area contributed by atoms with Crippen LogP contribution in [0.1, 0.15) is 22.5 Å². The summed E-state index contributed by atoms with van der Waals surface area (Å²) in [5.74, 6) is 1.61. The SMILES string of the molecule is Cc1cc(C)cc(NC(=O)Nc2ccc(Oc3cc(-n4nc(C)cc4C)ncn3)cc2)c1. The molecular formula is C24H24N6O2. The van der Waals surface area contributed by atoms with Crippen LogP contribution in [0.15, 0.2) is 60.9 Å². The molecule has 0 aliphatic heterocycles. The van der Waals surface area contributed by atoms with Crippen molar-refractivity contribution < 1.29 is 9.53 Å². The third-order valence-corrected chi connectivity index (χ3v) is 4.67. The number of amides is 2. The minimum absolute atomic E-state index is 0.311. The van der Waals surface area contributed by atoms with Crippen LogP contribution >= 0.6 is 0 Å². The summed E-state index contributed by atoms with van der Waals surface area (Å²) in [6.45, 7) is 7.88. The van der Waals surface area contributed by atoms with E-state index in [0.29, 0.717) is 23.1 Å². The normalized spacial score (nSPS) is 10.6. The van der Waals surface area contributed by atoms with Crippen LogP contribution in [0.5, 0.6) is 11.6 Å². The van der Waals surface area contributed by atoms with Crippen molar-refractivity contribution in [2.24, 2.45) is 0 Å². The van der Waals surface area contributed by atoms with Gasteiger partial charge < -0.3 is 15.4 Å². The molecule has 0 fully saturated rings. The Labute approximate surface area is 186 Å². The zero-order valence-corrected chi connectivity index (χ0v) is 18.4. The summed E-state index contributed by atoms with van der Waals surface area (Å²) < 4.78 is 7.59. The predicted octanol–water partition coefficient (Wildman–Crippen LogP) is 5.33. The van der Waals surface area contributed by atoms with E-state index in [1.54, 1.807) is 35.0 Å². The molecule has 4 rings (SSSR count). The minimum atomic E-state index is -0.311. The molecule has 2 N–H and O–H groups in total. The number of benzene rings is 2. The molecule has 8 heteroatoms. The number of aryl methyl sites for hydroxylation is 4. The average Bonchev–Trinajstić information content (AvgIpc) is 3.07. The maximum atomic E-state index is 12.3. The monoisotopic (exact) mass is 428 g/mol. The van der Waals surface area contributed by atoms with Crippen molar-refractivity contribution in [3.63, 3.8) is 0 Å². The van der Waals surface area contributed by atoms with E-state index in [1.165, 1.54) is 6.33 Å². The topological polar surface area (TPSA) is 94.0 Å². The number of aromatic nitrogens is 4. The molecule has 0 aliphatic rings. The number of urea groups is 1. The van der Waals surface area contributed by atoms with E-state index in [2.05, 4.69) is 31.8 Å². The number of nitrogens with one attached hydrogen (secondary N) is 2. The predicted molar refractivity (Wildman–Crippen MR) is 124 cm³/mol. The summed E-state index contributed by atoms with van der Waals surface area (Å²) in [5.41, 5.74) is 5.46. The highest BCUT2D eigenvalue weighted by Crippen LogP contribution is 2.23. The number of nitrogens with zero attached hydrogens (tertiary/aromatic N) is 4. The van der Waals surface area contributed by atoms with E-state index in [-0.39, 0.29) is 6.03 Å². The van der Waals surface area contributed by atoms with E-state index in [9.17, 15) is 4.79 Å². The Balaban J connectivity index is 1.40. The molecule has 0 aliphatic carbocycles. The first kappa shape index (κ1) is 21.0. The largest absolute Gasteiger partial charge is 0.439 e. The van der Waals surface area contributed by atoms with Gasteiger partial charge in [-0.15, -0.1) is 0 Å². The Bertz CT molecular complexity index is 1240. The lowest BCUT2D eigenvalue weighted by Crippen LogP contribution is -2.19. The maximum Gasteiger partial charge on any atom is 0.323 e. The molecule has 2 aromatic carbocycles. The fourth-order valence-electron chi connectivity index (χ4n) is 3.43. The van der Waals surface area contributed by atoms with Gasteiger partial charge in [0.05, 0.1) is 5.69 Å². The van der Waals surface area contributed by atoms with Crippen molar-refractivity contribution in [1.82, 2.24) is 19.7 Å². The fraction of sp³-hybridized carbons (Fsp3) is 0.167. The molecule has 0 radical (unpaired) electrons. The first-order valence-corrected chi connectivity index (χ1v) is 10.2. The number of anilines is 2. The maximum absolute atomic E-state index is 12.3. The second kappa shape index (κ2) is 8.89. The zero-order valence-electron chi connectivity index (χ0n) is 18.4. The molecule has 32 heavy (non-hydrogen) atoms. The molecule has 4 aromatic rings. The molecule has 2 aromatic heterocycles. The standard InChI is InChI=1S/C24H24N6O2/c1-15-9-16(2)11-20(10-15)28-24(31)27-19-5-7-21(8-6-19)32-23-13-22(25-14-26-23)30-18(4)12-17(3)29-30/h5-14H,1-4H3,(H2,27,28,31). The van der Waals surface area contributed by atoms with Crippen LogP contribution in [0.3, 0.4) is 0 Å². The highest BCUT2D eigenvalue weighted by atomic mass is 16.5. The lowest BCUT2D eigenvalue weighted by Gasteiger charge is -2.10. The van der Waals surface area contributed by atoms with Crippen LogP contribution in [0.25, 0.3) is 5.82 Å². The summed E-state index contributed by atoms with van der Waals surface area (Å²) in [5, 5.41) is 10.1. The molecular weight excluding hydrogens is 404 g/mol. The van der Waals surface area contributed by atoms with Gasteiger partial charge in [-0.1, -0.05) is 6.07 Å². The van der Waals surface area contributed by atoms with Crippen LogP contribution in [-0.4, -0.2) is 25.8 Å². The quantitative estimate of drug-likeness (QED) is 0.448. The van der Waals surface area contributed by atoms with Crippen molar-refractivity contribution in [2.45, 2.75) is 27.7 Å². The summed E-state index contributed by atoms with van der Waals surface area (Å²) in [7, 11) is 0. The van der Waals surface area contributed by atoms with Crippen molar-refractivity contribution >= 4 is 17.4 Å². The van der Waals surface area contributed by atoms with E-state index < -0.39 is 0 Å². The van der Waals surface area contributed by atoms with E-state index >= 15 is 0 Å². The summed E-state index contributed by atoms with van der Waals surface area (Å²) in [6.07, 6.45) is 1.44. The minimum Gasteiger partial charge on any atom is -0.439 e. The van der Waals surface area contributed by atoms with Gasteiger partial charge in [0.2, 0.25) is 5.88 Å². The Morgan fingerprint density at radius 3 is 2.19 bits per heavy atom. The second-order valence-electron chi connectivity index (χ2n) is 7.64. The number of hydrogen-bond acceptors (Lipinski definition) is 5. The first-order valence-electron chi connectivity index (χ1n) is 10.2. The van der Waals surface area contributed by atoms with Gasteiger partial charge in [0.15, 0.2) is 5.82 Å². The highest BCUT2D eigenvalue weighted by Gasteiger charge is 2.09. The van der Waals surface area contributed by atoms with Crippen LogP contribution in [0, 0.1) is 27.7 Å². The molecule has 0 spiro atoms. The lowest BCUT2D eigenvalue weighted by molar-refractivity contribution is 0.262. The molecule has 8 nitrogen and oxygen atoms in total. The fourth-order valence-corrected chi connectivity index (χ4v) is 3.43. The van der Waals surface area contributed by atoms with E-state index in [4.69, 9.17) is 4.74 Å². The third-order valence-electron chi connectivity index (χ3n) is 4.67. The smallest absolute Gasteiger partial charge is 0.323 e. The van der Waals surface area contributed by atoms with Crippen LogP contribution in [0.2, 0.25) is 0 Å². The molecule has 0 saturated carbocycles. The van der Waals surface area contributed by atoms with E-state index in [0.717, 1.165) is 28.2 Å². The number of hydrogen-bond donors (Lipinski definition) is 2. The van der Waals surface area contributed by atoms with Gasteiger partial charge in [0, 0.05) is 23.1 Å². The van der Waals surface area contributed by atoms with Crippen molar-refractivity contribution in [3.8, 4) is 17.4 Å². The Morgan fingerprint density at radius 1 is 0.844 bits per heavy atom. The number of ether oxygens (including phenoxy) is 1. The number of rotatable bonds is 5. The van der Waals surface area contributed by atoms with Gasteiger partial charge in [0.1, 0.15) is 12.1 Å². The molecule has 162 valence electrons. The van der Waals surface area contributed by atoms with Gasteiger partial charge in [-0.25, -0.2) is 19.4 Å². The summed E-state index contributed by atoms with van der Waals surface area (Å²) >= 11 is 0.